The Bertz CT molecular complexity index is 3420. The lowest BCUT2D eigenvalue weighted by molar-refractivity contribution is 0.354. The second-order valence-electron chi connectivity index (χ2n) is 20.6. The number of halogens is 10. The second kappa shape index (κ2) is 52.6. The molecule has 0 aliphatic heterocycles. The third-order valence-corrected chi connectivity index (χ3v) is 16.1. The third kappa shape index (κ3) is 38.7. The average molecular weight is 1430 g/mol. The standard InChI is InChI=1S/C10H14O2.2C8H8Cl2.3C8H9Cl.3C8H9F.C8H10O/c1-4-8-5-6-9(11-2)10(7-8)12-3;1-2-6-3-4-7(9)5-8(6)10;1-2-6-3-4-7(9)8(10)5-6;1-2-7-3-5-8(9)6-4-7;1-2-7-4-3-5-8(9)6-7;1-2-7-5-3-4-6-8(7)9;1-2-7-3-5-8(9)6-4-7;1-2-7-4-3-5-8(9)6-7;1-2-7-5-3-4-6-8(7)9;1-2-7-3-5-8(9)6-4-7/h5-7H,4H2,1-3H3;2*3-5H,2H2,1H3;6*3-6H,2H2,1H3;3-6,9H,2H2,1H3. The van der Waals surface area contributed by atoms with Gasteiger partial charge in [-0.2, -0.15) is 0 Å². The SMILES string of the molecule is CCc1ccc(Cl)c(Cl)c1.CCc1ccc(Cl)cc1.CCc1ccc(Cl)cc1Cl.CCc1ccc(F)cc1.CCc1ccc(O)cc1.CCc1ccc(OC)c(OC)c1.CCc1cccc(Cl)c1.CCc1cccc(F)c1.CCc1ccccc1Cl.CCc1ccccc1F. The molecule has 10 aromatic carbocycles. The van der Waals surface area contributed by atoms with Gasteiger partial charge >= 0.3 is 0 Å². The van der Waals surface area contributed by atoms with Crippen LogP contribution in [0.1, 0.15) is 125 Å². The summed E-state index contributed by atoms with van der Waals surface area (Å²) in [4.78, 5) is 0. The number of phenolic OH excluding ortho intramolecular Hbond substituents is 1. The molecular weight excluding hydrogens is 1340 g/mol. The van der Waals surface area contributed by atoms with Crippen LogP contribution in [-0.4, -0.2) is 19.3 Å². The van der Waals surface area contributed by atoms with E-state index in [-0.39, 0.29) is 17.5 Å². The van der Waals surface area contributed by atoms with Gasteiger partial charge in [-0.1, -0.05) is 266 Å². The van der Waals surface area contributed by atoms with Gasteiger partial charge in [0.05, 0.1) is 24.3 Å². The average Bonchev–Trinajstić information content (AvgIpc) is 1.47. The van der Waals surface area contributed by atoms with E-state index in [1.54, 1.807) is 68.8 Å². The maximum absolute atomic E-state index is 12.6. The molecule has 0 fully saturated rings. The summed E-state index contributed by atoms with van der Waals surface area (Å²) in [6.07, 6.45) is 9.79. The molecule has 0 heterocycles. The van der Waals surface area contributed by atoms with Crippen molar-refractivity contribution in [2.45, 2.75) is 133 Å². The minimum atomic E-state index is -0.160. The number of aryl methyl sites for hydroxylation is 10. The van der Waals surface area contributed by atoms with Crippen molar-refractivity contribution in [3.63, 3.8) is 0 Å². The van der Waals surface area contributed by atoms with Crippen molar-refractivity contribution in [1.29, 1.82) is 0 Å². The van der Waals surface area contributed by atoms with Gasteiger partial charge in [0.2, 0.25) is 0 Å². The van der Waals surface area contributed by atoms with Gasteiger partial charge in [0, 0.05) is 25.1 Å². The molecule has 95 heavy (non-hydrogen) atoms. The molecule has 0 unspecified atom stereocenters. The largest absolute Gasteiger partial charge is 0.508 e. The van der Waals surface area contributed by atoms with Crippen LogP contribution in [0.25, 0.3) is 0 Å². The number of benzene rings is 10. The van der Waals surface area contributed by atoms with E-state index in [1.807, 2.05) is 160 Å². The fourth-order valence-electron chi connectivity index (χ4n) is 7.92. The van der Waals surface area contributed by atoms with Crippen LogP contribution in [0.15, 0.2) is 224 Å². The van der Waals surface area contributed by atoms with Crippen LogP contribution in [0, 0.1) is 17.5 Å². The molecular formula is C82H94Cl7F3O3. The number of phenols is 1. The van der Waals surface area contributed by atoms with Gasteiger partial charge in [-0.3, -0.25) is 0 Å². The number of hydrogen-bond acceptors (Lipinski definition) is 3. The Morgan fingerprint density at radius 3 is 1.11 bits per heavy atom. The van der Waals surface area contributed by atoms with Crippen molar-refractivity contribution in [2.75, 3.05) is 14.2 Å². The summed E-state index contributed by atoms with van der Waals surface area (Å²) in [6, 6.07) is 68.3. The van der Waals surface area contributed by atoms with E-state index in [0.717, 1.165) is 112 Å². The highest BCUT2D eigenvalue weighted by atomic mass is 35.5. The van der Waals surface area contributed by atoms with Gasteiger partial charge in [0.1, 0.15) is 23.2 Å². The smallest absolute Gasteiger partial charge is 0.160 e. The number of rotatable bonds is 12. The molecule has 0 saturated heterocycles. The van der Waals surface area contributed by atoms with E-state index in [4.69, 9.17) is 95.8 Å². The van der Waals surface area contributed by atoms with Crippen LogP contribution >= 0.6 is 81.2 Å². The summed E-state index contributed by atoms with van der Waals surface area (Å²) in [5.74, 6) is 1.53. The highest BCUT2D eigenvalue weighted by Gasteiger charge is 2.03. The normalized spacial score (nSPS) is 9.62. The maximum Gasteiger partial charge on any atom is 0.160 e. The predicted octanol–water partition coefficient (Wildman–Crippen LogP) is 27.2. The lowest BCUT2D eigenvalue weighted by Crippen LogP contribution is -1.91. The first-order chi connectivity index (χ1) is 45.6. The molecule has 13 heteroatoms. The summed E-state index contributed by atoms with van der Waals surface area (Å²) in [7, 11) is 3.29. The van der Waals surface area contributed by atoms with Crippen LogP contribution in [0.3, 0.4) is 0 Å². The van der Waals surface area contributed by atoms with Gasteiger partial charge in [-0.15, -0.1) is 0 Å². The van der Waals surface area contributed by atoms with Crippen LogP contribution < -0.4 is 9.47 Å². The summed E-state index contributed by atoms with van der Waals surface area (Å²) < 4.78 is 47.4. The van der Waals surface area contributed by atoms with Crippen LogP contribution in [0.2, 0.25) is 35.2 Å². The number of methoxy groups -OCH3 is 2. The van der Waals surface area contributed by atoms with Crippen molar-refractivity contribution < 1.29 is 27.8 Å². The molecule has 1 N–H and O–H groups in total. The second-order valence-corrected chi connectivity index (χ2v) is 23.5. The van der Waals surface area contributed by atoms with Crippen LogP contribution in [0.4, 0.5) is 13.2 Å². The van der Waals surface area contributed by atoms with Gasteiger partial charge in [0.25, 0.3) is 0 Å². The number of ether oxygens (including phenoxy) is 2. The van der Waals surface area contributed by atoms with Crippen LogP contribution in [0.5, 0.6) is 17.2 Å². The van der Waals surface area contributed by atoms with E-state index in [9.17, 15) is 13.2 Å². The Morgan fingerprint density at radius 2 is 0.684 bits per heavy atom. The number of hydrogen-bond donors (Lipinski definition) is 1. The quantitative estimate of drug-likeness (QED) is 0.132. The first-order valence-electron chi connectivity index (χ1n) is 31.9. The van der Waals surface area contributed by atoms with Crippen molar-refractivity contribution in [3.8, 4) is 17.2 Å². The van der Waals surface area contributed by atoms with E-state index in [2.05, 4.69) is 54.5 Å². The molecule has 0 aliphatic carbocycles. The number of aromatic hydroxyl groups is 1. The summed E-state index contributed by atoms with van der Waals surface area (Å²) >= 11 is 40.2. The van der Waals surface area contributed by atoms with E-state index >= 15 is 0 Å². The summed E-state index contributed by atoms with van der Waals surface area (Å²) in [5, 5.41) is 14.1. The molecule has 510 valence electrons. The van der Waals surface area contributed by atoms with Crippen molar-refractivity contribution in [3.05, 3.63) is 333 Å². The Labute approximate surface area is 602 Å². The van der Waals surface area contributed by atoms with Gasteiger partial charge in [0.15, 0.2) is 11.5 Å². The molecule has 0 spiro atoms. The van der Waals surface area contributed by atoms with Gasteiger partial charge < -0.3 is 14.6 Å². The van der Waals surface area contributed by atoms with E-state index in [0.29, 0.717) is 20.8 Å². The highest BCUT2D eigenvalue weighted by molar-refractivity contribution is 6.42. The fraction of sp³-hybridized carbons (Fsp3) is 0.268. The Balaban J connectivity index is 0.000000528. The molecule has 0 amide bonds. The van der Waals surface area contributed by atoms with Crippen molar-refractivity contribution >= 4 is 81.2 Å². The predicted molar refractivity (Wildman–Crippen MR) is 408 cm³/mol. The fourth-order valence-corrected chi connectivity index (χ4v) is 9.40. The van der Waals surface area contributed by atoms with Crippen molar-refractivity contribution in [2.24, 2.45) is 0 Å². The molecule has 3 nitrogen and oxygen atoms in total. The lowest BCUT2D eigenvalue weighted by Gasteiger charge is -2.07. The van der Waals surface area contributed by atoms with Crippen LogP contribution in [-0.2, 0) is 64.2 Å². The third-order valence-electron chi connectivity index (χ3n) is 13.9. The summed E-state index contributed by atoms with van der Waals surface area (Å²) in [5.41, 5.74) is 11.7. The first kappa shape index (κ1) is 86.4. The maximum atomic E-state index is 12.6. The zero-order valence-corrected chi connectivity index (χ0v) is 62.3. The molecule has 10 rings (SSSR count). The zero-order chi connectivity index (χ0) is 70.9. The van der Waals surface area contributed by atoms with Gasteiger partial charge in [-0.25, -0.2) is 13.2 Å². The lowest BCUT2D eigenvalue weighted by atomic mass is 10.1. The first-order valence-corrected chi connectivity index (χ1v) is 34.6. The molecule has 0 bridgehead atoms. The van der Waals surface area contributed by atoms with Gasteiger partial charge in [-0.05, 0) is 229 Å². The van der Waals surface area contributed by atoms with E-state index in [1.165, 1.54) is 63.2 Å². The highest BCUT2D eigenvalue weighted by Crippen LogP contribution is 2.28. The zero-order valence-electron chi connectivity index (χ0n) is 57.0. The Morgan fingerprint density at radius 1 is 0.274 bits per heavy atom. The Kier molecular flexibility index (Phi) is 47.8. The van der Waals surface area contributed by atoms with Crippen molar-refractivity contribution in [1.82, 2.24) is 0 Å². The topological polar surface area (TPSA) is 38.7 Å². The monoisotopic (exact) mass is 1430 g/mol. The molecule has 0 saturated carbocycles. The molecule has 10 aromatic rings. The molecule has 0 radical (unpaired) electrons. The molecule has 0 atom stereocenters. The minimum Gasteiger partial charge on any atom is -0.508 e. The summed E-state index contributed by atoms with van der Waals surface area (Å²) in [6.45, 7) is 20.7. The molecule has 0 aliphatic rings. The molecule has 0 aromatic heterocycles. The Hall–Kier alpha value is -6.58. The van der Waals surface area contributed by atoms with E-state index < -0.39 is 0 Å². The minimum absolute atomic E-state index is 0.0972.